The van der Waals surface area contributed by atoms with Gasteiger partial charge in [-0.2, -0.15) is 0 Å². The van der Waals surface area contributed by atoms with Crippen molar-refractivity contribution in [3.8, 4) is 5.75 Å². The molecular weight excluding hydrogens is 181 g/mol. The fraction of sp³-hybridized carbons (Fsp3) is 0.455. The first-order chi connectivity index (χ1) is 6.61. The molecule has 0 spiro atoms. The maximum Gasteiger partial charge on any atom is 0.128 e. The molecule has 2 nitrogen and oxygen atoms in total. The van der Waals surface area contributed by atoms with Crippen LogP contribution in [0.3, 0.4) is 0 Å². The minimum Gasteiger partial charge on any atom is -0.491 e. The van der Waals surface area contributed by atoms with Crippen LogP contribution in [0.5, 0.6) is 5.75 Å². The standard InChI is InChI=1S/C11H16FNO/c1-3-4-8(2)14-11-6-9(12)5-10(13)7-11/h5-8H,3-4,13H2,1-2H3. The number of halogens is 1. The van der Waals surface area contributed by atoms with E-state index in [9.17, 15) is 4.39 Å². The summed E-state index contributed by atoms with van der Waals surface area (Å²) in [6, 6.07) is 4.26. The topological polar surface area (TPSA) is 35.2 Å². The van der Waals surface area contributed by atoms with Crippen LogP contribution in [-0.2, 0) is 0 Å². The Morgan fingerprint density at radius 1 is 1.43 bits per heavy atom. The van der Waals surface area contributed by atoms with Crippen LogP contribution in [0.4, 0.5) is 10.1 Å². The van der Waals surface area contributed by atoms with E-state index in [0.717, 1.165) is 12.8 Å². The second-order valence-corrected chi connectivity index (χ2v) is 3.44. The lowest BCUT2D eigenvalue weighted by Crippen LogP contribution is -2.11. The van der Waals surface area contributed by atoms with E-state index in [0.29, 0.717) is 11.4 Å². The lowest BCUT2D eigenvalue weighted by molar-refractivity contribution is 0.209. The minimum absolute atomic E-state index is 0.0983. The molecule has 0 aliphatic carbocycles. The van der Waals surface area contributed by atoms with Crippen molar-refractivity contribution < 1.29 is 9.13 Å². The van der Waals surface area contributed by atoms with Crippen LogP contribution in [0.1, 0.15) is 26.7 Å². The largest absolute Gasteiger partial charge is 0.491 e. The van der Waals surface area contributed by atoms with Crippen molar-refractivity contribution in [1.82, 2.24) is 0 Å². The fourth-order valence-electron chi connectivity index (χ4n) is 1.35. The highest BCUT2D eigenvalue weighted by atomic mass is 19.1. The number of hydrogen-bond donors (Lipinski definition) is 1. The molecule has 1 rings (SSSR count). The molecule has 78 valence electrons. The van der Waals surface area contributed by atoms with E-state index in [1.54, 1.807) is 6.07 Å². The van der Waals surface area contributed by atoms with Crippen molar-refractivity contribution in [2.24, 2.45) is 0 Å². The molecule has 0 aliphatic rings. The van der Waals surface area contributed by atoms with Gasteiger partial charge in [-0.25, -0.2) is 4.39 Å². The van der Waals surface area contributed by atoms with Crippen molar-refractivity contribution in [2.75, 3.05) is 5.73 Å². The highest BCUT2D eigenvalue weighted by Crippen LogP contribution is 2.19. The van der Waals surface area contributed by atoms with Gasteiger partial charge in [-0.05, 0) is 19.4 Å². The summed E-state index contributed by atoms with van der Waals surface area (Å²) in [6.45, 7) is 4.05. The summed E-state index contributed by atoms with van der Waals surface area (Å²) in [6.07, 6.45) is 2.10. The predicted molar refractivity (Wildman–Crippen MR) is 55.8 cm³/mol. The second-order valence-electron chi connectivity index (χ2n) is 3.44. The SMILES string of the molecule is CCCC(C)Oc1cc(N)cc(F)c1. The van der Waals surface area contributed by atoms with Crippen LogP contribution in [0.15, 0.2) is 18.2 Å². The number of nitrogen functional groups attached to an aromatic ring is 1. The average Bonchev–Trinajstić information content (AvgIpc) is 2.01. The van der Waals surface area contributed by atoms with Crippen LogP contribution >= 0.6 is 0 Å². The summed E-state index contributed by atoms with van der Waals surface area (Å²) < 4.78 is 18.4. The van der Waals surface area contributed by atoms with Crippen LogP contribution in [0.25, 0.3) is 0 Å². The zero-order valence-electron chi connectivity index (χ0n) is 8.59. The van der Waals surface area contributed by atoms with Gasteiger partial charge in [0.15, 0.2) is 0 Å². The Morgan fingerprint density at radius 3 is 2.71 bits per heavy atom. The number of anilines is 1. The number of rotatable bonds is 4. The van der Waals surface area contributed by atoms with E-state index in [-0.39, 0.29) is 11.9 Å². The quantitative estimate of drug-likeness (QED) is 0.753. The molecule has 0 saturated heterocycles. The summed E-state index contributed by atoms with van der Waals surface area (Å²) in [5.74, 6) is 0.146. The molecule has 0 heterocycles. The molecule has 0 radical (unpaired) electrons. The molecule has 0 aliphatic heterocycles. The van der Waals surface area contributed by atoms with Gasteiger partial charge in [0.25, 0.3) is 0 Å². The van der Waals surface area contributed by atoms with Crippen molar-refractivity contribution in [1.29, 1.82) is 0 Å². The summed E-state index contributed by atoms with van der Waals surface area (Å²) in [5.41, 5.74) is 5.88. The summed E-state index contributed by atoms with van der Waals surface area (Å²) >= 11 is 0. The second kappa shape index (κ2) is 4.84. The van der Waals surface area contributed by atoms with Crippen LogP contribution in [0.2, 0.25) is 0 Å². The number of benzene rings is 1. The smallest absolute Gasteiger partial charge is 0.128 e. The van der Waals surface area contributed by atoms with Crippen LogP contribution in [0, 0.1) is 5.82 Å². The van der Waals surface area contributed by atoms with E-state index in [1.807, 2.05) is 6.92 Å². The molecule has 0 fully saturated rings. The van der Waals surface area contributed by atoms with Crippen molar-refractivity contribution >= 4 is 5.69 Å². The highest BCUT2D eigenvalue weighted by molar-refractivity contribution is 5.44. The highest BCUT2D eigenvalue weighted by Gasteiger charge is 2.04. The van der Waals surface area contributed by atoms with Crippen molar-refractivity contribution in [3.05, 3.63) is 24.0 Å². The van der Waals surface area contributed by atoms with Crippen LogP contribution in [-0.4, -0.2) is 6.10 Å². The van der Waals surface area contributed by atoms with E-state index < -0.39 is 0 Å². The molecule has 1 unspecified atom stereocenters. The Bertz CT molecular complexity index is 281. The molecule has 1 aromatic carbocycles. The van der Waals surface area contributed by atoms with Crippen molar-refractivity contribution in [2.45, 2.75) is 32.8 Å². The molecule has 1 atom stereocenters. The van der Waals surface area contributed by atoms with E-state index in [4.69, 9.17) is 10.5 Å². The van der Waals surface area contributed by atoms with Gasteiger partial charge in [0, 0.05) is 17.8 Å². The Kier molecular flexibility index (Phi) is 3.74. The maximum atomic E-state index is 12.9. The Labute approximate surface area is 83.9 Å². The minimum atomic E-state index is -0.358. The lowest BCUT2D eigenvalue weighted by Gasteiger charge is -2.13. The third-order valence-corrected chi connectivity index (χ3v) is 1.93. The monoisotopic (exact) mass is 197 g/mol. The van der Waals surface area contributed by atoms with Crippen LogP contribution < -0.4 is 10.5 Å². The summed E-state index contributed by atoms with van der Waals surface area (Å²) in [4.78, 5) is 0. The molecule has 3 heteroatoms. The normalized spacial score (nSPS) is 12.5. The molecule has 14 heavy (non-hydrogen) atoms. The number of hydrogen-bond acceptors (Lipinski definition) is 2. The van der Waals surface area contributed by atoms with Gasteiger partial charge in [0.1, 0.15) is 11.6 Å². The van der Waals surface area contributed by atoms with Gasteiger partial charge in [-0.3, -0.25) is 0 Å². The van der Waals surface area contributed by atoms with Gasteiger partial charge in [0.05, 0.1) is 6.10 Å². The first-order valence-corrected chi connectivity index (χ1v) is 4.84. The lowest BCUT2D eigenvalue weighted by atomic mass is 10.2. The number of ether oxygens (including phenoxy) is 1. The molecule has 1 aromatic rings. The van der Waals surface area contributed by atoms with E-state index >= 15 is 0 Å². The molecule has 0 saturated carbocycles. The maximum absolute atomic E-state index is 12.9. The molecule has 0 aromatic heterocycles. The molecule has 0 amide bonds. The zero-order valence-corrected chi connectivity index (χ0v) is 8.59. The van der Waals surface area contributed by atoms with E-state index in [1.165, 1.54) is 12.1 Å². The van der Waals surface area contributed by atoms with Gasteiger partial charge in [0.2, 0.25) is 0 Å². The molecule has 0 bridgehead atoms. The Balaban J connectivity index is 2.66. The van der Waals surface area contributed by atoms with Crippen molar-refractivity contribution in [3.63, 3.8) is 0 Å². The van der Waals surface area contributed by atoms with Gasteiger partial charge >= 0.3 is 0 Å². The number of nitrogens with two attached hydrogens (primary N) is 1. The van der Waals surface area contributed by atoms with E-state index in [2.05, 4.69) is 6.92 Å². The Morgan fingerprint density at radius 2 is 2.14 bits per heavy atom. The third kappa shape index (κ3) is 3.24. The summed E-state index contributed by atoms with van der Waals surface area (Å²) in [5, 5.41) is 0. The first kappa shape index (κ1) is 10.8. The Hall–Kier alpha value is -1.25. The average molecular weight is 197 g/mol. The zero-order chi connectivity index (χ0) is 10.6. The molecular formula is C11H16FNO. The first-order valence-electron chi connectivity index (χ1n) is 4.84. The summed E-state index contributed by atoms with van der Waals surface area (Å²) in [7, 11) is 0. The van der Waals surface area contributed by atoms with Gasteiger partial charge in [-0.15, -0.1) is 0 Å². The van der Waals surface area contributed by atoms with Gasteiger partial charge < -0.3 is 10.5 Å². The third-order valence-electron chi connectivity index (χ3n) is 1.93. The van der Waals surface area contributed by atoms with Gasteiger partial charge in [-0.1, -0.05) is 13.3 Å². The predicted octanol–water partition coefficient (Wildman–Crippen LogP) is 2.98. The molecule has 2 N–H and O–H groups in total. The fourth-order valence-corrected chi connectivity index (χ4v) is 1.35.